The zero-order valence-corrected chi connectivity index (χ0v) is 67.5. The number of halogens is 1. The Hall–Kier alpha value is -12.3. The van der Waals surface area contributed by atoms with Gasteiger partial charge in [-0.25, -0.2) is 14.2 Å². The SMILES string of the molecule is CCc1cc(O)ccc1-c1ccc(C[C@H](NC(=O)[C@H](CC(=O)O)CC(=O)[C@H](CC2=CCC=N2)NC(=O)[C@@H](CC(=O)[C@](C)(Cc2ccccc2F)NC(=O)[C@@H](CC(=O)CNC(=O)[C@H](CCC(=O)O)CC(=O)[C@@]2(C)CCCN2C(=O)[C@H](Cc2c[nH]cn2)NC(=O)OC)[C@@H](C)O)[C@@H](C)O)C(=O)C[C@@H](Cc2ccc(-c3ccccc3C)nc2)C(N)=O)cc1. The highest BCUT2D eigenvalue weighted by atomic mass is 19.1. The number of allylic oxidation sites excluding steroid dienone is 1. The van der Waals surface area contributed by atoms with Crippen LogP contribution < -0.4 is 32.3 Å². The Bertz CT molecular complexity index is 4760. The van der Waals surface area contributed by atoms with Crippen molar-refractivity contribution >= 4 is 88.6 Å². The number of benzene rings is 4. The minimum atomic E-state index is -2.26. The van der Waals surface area contributed by atoms with Crippen LogP contribution in [0.4, 0.5) is 9.18 Å². The molecule has 13 N–H and O–H groups in total. The molecule has 12 atom stereocenters. The predicted molar refractivity (Wildman–Crippen MR) is 432 cm³/mol. The zero-order valence-electron chi connectivity index (χ0n) is 67.5. The number of hydrogen-bond donors (Lipinski definition) is 12. The molecule has 0 radical (unpaired) electrons. The van der Waals surface area contributed by atoms with E-state index in [2.05, 4.69) is 46.5 Å². The summed E-state index contributed by atoms with van der Waals surface area (Å²) in [5.41, 5.74) is 8.70. The third-order valence-corrected chi connectivity index (χ3v) is 22.0. The number of alkyl carbamates (subject to hydrolysis) is 1. The van der Waals surface area contributed by atoms with Gasteiger partial charge in [0.2, 0.25) is 35.4 Å². The number of pyridine rings is 1. The first-order chi connectivity index (χ1) is 56.5. The molecule has 4 aromatic carbocycles. The Morgan fingerprint density at radius 3 is 1.97 bits per heavy atom. The number of Topliss-reactive ketones (excluding diaryl/α,β-unsaturated/α-hetero) is 5. The van der Waals surface area contributed by atoms with Gasteiger partial charge in [-0.3, -0.25) is 72.3 Å². The van der Waals surface area contributed by atoms with E-state index in [1.54, 1.807) is 66.9 Å². The second-order valence-electron chi connectivity index (χ2n) is 30.9. The molecule has 2 aliphatic heterocycles. The number of aromatic hydroxyl groups is 1. The van der Waals surface area contributed by atoms with E-state index in [0.29, 0.717) is 41.8 Å². The van der Waals surface area contributed by atoms with Crippen LogP contribution in [-0.4, -0.2) is 196 Å². The standard InChI is InChI=1S/C87H104FN11O20/c1-8-54-35-62(102)26-27-65(54)55-23-20-52(21-24-55)34-70(73(104)36-58(79(89)112)33-53-22-28-69(92-45-53)64-18-11-9-15-49(64)2)95-81(114)59(39-78(110)111)37-74(105)71(40-60-17-13-31-91-60)96-82(115)67(51(4)101)43-75(106)86(5,44-57-16-10-12-19-68(57)88)98-83(116)66(50(3)100)42-63(103)47-93-80(113)56(25-29-77(108)109)38-76(107)87(6)30-14-32-99(87)84(117)72(97-85(118)119-7)41-61-46-90-48-94-61/h9-12,15-24,26-28,31,35,45-46,48,50-51,56,58-59,66-67,70-72,100-102H,8,13-14,25,29-30,32-34,36-44,47H2,1-7H3,(H2,89,112)(H,90,94)(H,93,113)(H,95,114)(H,96,115)(H,97,118)(H,98,116)(H,108,109)(H,110,111)/t50-,51-,56-,58-,59+,66+,67+,70+,71+,72+,86+,87-/m1/s1. The number of hydrogen-bond acceptors (Lipinski definition) is 21. The van der Waals surface area contributed by atoms with Gasteiger partial charge in [0.05, 0.1) is 90.9 Å². The number of carboxylic acid groups (broad SMARTS) is 2. The first kappa shape index (κ1) is 92.2. The molecule has 32 heteroatoms. The van der Waals surface area contributed by atoms with Crippen LogP contribution in [0.2, 0.25) is 0 Å². The number of ketones is 5. The van der Waals surface area contributed by atoms with Gasteiger partial charge in [-0.2, -0.15) is 0 Å². The van der Waals surface area contributed by atoms with Crippen LogP contribution in [0.15, 0.2) is 139 Å². The average Bonchev–Trinajstić information content (AvgIpc) is 1.68. The second kappa shape index (κ2) is 42.7. The zero-order chi connectivity index (χ0) is 87.0. The van der Waals surface area contributed by atoms with Crippen LogP contribution in [0.3, 0.4) is 0 Å². The molecular formula is C87H104FN11O20. The maximum Gasteiger partial charge on any atom is 0.407 e. The number of nitrogens with zero attached hydrogens (tertiary/aromatic N) is 4. The molecule has 6 aromatic rings. The van der Waals surface area contributed by atoms with Crippen LogP contribution in [-0.2, 0) is 99.2 Å². The van der Waals surface area contributed by atoms with Gasteiger partial charge in [0, 0.05) is 112 Å². The van der Waals surface area contributed by atoms with E-state index in [-0.39, 0.29) is 55.7 Å². The lowest BCUT2D eigenvalue weighted by atomic mass is 9.81. The number of carbonyl (C=O) groups is 14. The number of imidazole rings is 1. The fraction of sp³-hybridized carbons (Fsp3) is 0.437. The molecule has 2 aromatic heterocycles. The number of aryl methyl sites for hydroxylation is 2. The highest BCUT2D eigenvalue weighted by Gasteiger charge is 2.49. The molecule has 2 aliphatic rings. The summed E-state index contributed by atoms with van der Waals surface area (Å²) >= 11 is 0. The number of aliphatic carboxylic acids is 2. The molecule has 1 saturated heterocycles. The lowest BCUT2D eigenvalue weighted by molar-refractivity contribution is -0.145. The van der Waals surface area contributed by atoms with Crippen LogP contribution in [0.25, 0.3) is 22.4 Å². The Kier molecular flexibility index (Phi) is 33.1. The second-order valence-corrected chi connectivity index (χ2v) is 30.9. The fourth-order valence-electron chi connectivity index (χ4n) is 14.9. The number of nitrogens with two attached hydrogens (primary N) is 1. The molecule has 7 amide bonds. The number of aliphatic hydroxyl groups excluding tert-OH is 2. The number of aromatic nitrogens is 3. The first-order valence-electron chi connectivity index (χ1n) is 39.4. The molecule has 0 spiro atoms. The molecular weight excluding hydrogens is 1540 g/mol. The van der Waals surface area contributed by atoms with Crippen molar-refractivity contribution in [2.24, 2.45) is 40.3 Å². The number of aliphatic hydroxyl groups is 2. The number of phenols is 1. The summed E-state index contributed by atoms with van der Waals surface area (Å²) in [6.07, 6.45) is -2.59. The normalized spacial score (nSPS) is 16.7. The summed E-state index contributed by atoms with van der Waals surface area (Å²) < 4.78 is 20.5. The minimum absolute atomic E-state index is 0.0359. The summed E-state index contributed by atoms with van der Waals surface area (Å²) in [7, 11) is 1.10. The van der Waals surface area contributed by atoms with Crippen LogP contribution >= 0.6 is 0 Å². The number of aromatic amines is 1. The highest BCUT2D eigenvalue weighted by Crippen LogP contribution is 2.35. The lowest BCUT2D eigenvalue weighted by Gasteiger charge is -2.37. The molecule has 0 bridgehead atoms. The van der Waals surface area contributed by atoms with E-state index in [9.17, 15) is 87.9 Å². The van der Waals surface area contributed by atoms with Crippen molar-refractivity contribution in [3.8, 4) is 28.1 Å². The number of carbonyl (C=O) groups excluding carboxylic acids is 12. The summed E-state index contributed by atoms with van der Waals surface area (Å²) in [6, 6.07) is 23.8. The van der Waals surface area contributed by atoms with Crippen LogP contribution in [0.1, 0.15) is 145 Å². The van der Waals surface area contributed by atoms with Crippen molar-refractivity contribution < 1.29 is 102 Å². The summed E-state index contributed by atoms with van der Waals surface area (Å²) in [5.74, 6) is -21.4. The van der Waals surface area contributed by atoms with Gasteiger partial charge in [0.25, 0.3) is 0 Å². The topological polar surface area (TPSA) is 493 Å². The van der Waals surface area contributed by atoms with Gasteiger partial charge in [0.15, 0.2) is 28.9 Å². The van der Waals surface area contributed by atoms with E-state index in [0.717, 1.165) is 54.8 Å². The van der Waals surface area contributed by atoms with E-state index >= 15 is 9.18 Å². The molecule has 634 valence electrons. The van der Waals surface area contributed by atoms with Gasteiger partial charge < -0.3 is 72.5 Å². The molecule has 0 unspecified atom stereocenters. The van der Waals surface area contributed by atoms with Crippen molar-refractivity contribution in [2.45, 2.75) is 192 Å². The number of ether oxygens (including phenoxy) is 1. The Morgan fingerprint density at radius 2 is 1.35 bits per heavy atom. The maximum absolute atomic E-state index is 15.7. The first-order valence-corrected chi connectivity index (χ1v) is 39.4. The number of likely N-dealkylation sites (tertiary alicyclic amines) is 1. The van der Waals surface area contributed by atoms with Crippen molar-refractivity contribution in [3.05, 3.63) is 173 Å². The van der Waals surface area contributed by atoms with Gasteiger partial charge in [-0.15, -0.1) is 0 Å². The number of rotatable bonds is 46. The van der Waals surface area contributed by atoms with Gasteiger partial charge >= 0.3 is 18.0 Å². The van der Waals surface area contributed by atoms with Gasteiger partial charge in [0.1, 0.15) is 17.6 Å². The number of carboxylic acids is 2. The van der Waals surface area contributed by atoms with Crippen molar-refractivity contribution in [3.63, 3.8) is 0 Å². The van der Waals surface area contributed by atoms with Crippen molar-refractivity contribution in [2.75, 3.05) is 20.2 Å². The van der Waals surface area contributed by atoms with E-state index in [4.69, 9.17) is 10.5 Å². The Balaban J connectivity index is 0.985. The lowest BCUT2D eigenvalue weighted by Crippen LogP contribution is -2.58. The molecule has 119 heavy (non-hydrogen) atoms. The number of nitrogens with one attached hydrogen (secondary N) is 6. The van der Waals surface area contributed by atoms with E-state index in [1.165, 1.54) is 55.7 Å². The maximum atomic E-state index is 15.7. The third-order valence-electron chi connectivity index (χ3n) is 22.0. The predicted octanol–water partition coefficient (Wildman–Crippen LogP) is 6.40. The number of H-pyrrole nitrogens is 1. The molecule has 0 aliphatic carbocycles. The monoisotopic (exact) mass is 1640 g/mol. The van der Waals surface area contributed by atoms with Gasteiger partial charge in [-0.05, 0) is 136 Å². The smallest absolute Gasteiger partial charge is 0.407 e. The number of amides is 7. The molecule has 31 nitrogen and oxygen atoms in total. The fourth-order valence-corrected chi connectivity index (χ4v) is 14.9. The minimum Gasteiger partial charge on any atom is -0.508 e. The van der Waals surface area contributed by atoms with E-state index < -0.39 is 224 Å². The number of primary amides is 1. The van der Waals surface area contributed by atoms with Gasteiger partial charge in [-0.1, -0.05) is 91.9 Å². The summed E-state index contributed by atoms with van der Waals surface area (Å²) in [6.45, 7) is 8.04. The molecule has 8 rings (SSSR count). The van der Waals surface area contributed by atoms with Crippen LogP contribution in [0.5, 0.6) is 5.75 Å². The molecule has 1 fully saturated rings. The summed E-state index contributed by atoms with van der Waals surface area (Å²) in [4.78, 5) is 213. The van der Waals surface area contributed by atoms with Crippen molar-refractivity contribution in [1.82, 2.24) is 46.4 Å². The van der Waals surface area contributed by atoms with Crippen LogP contribution in [0, 0.1) is 42.3 Å². The number of phenolic OH excluding ortho intramolecular Hbond substituents is 1. The summed E-state index contributed by atoms with van der Waals surface area (Å²) in [5, 5.41) is 65.5. The number of methoxy groups -OCH3 is 1. The Labute approximate surface area is 687 Å². The molecule has 4 heterocycles. The highest BCUT2D eigenvalue weighted by molar-refractivity contribution is 6.01. The van der Waals surface area contributed by atoms with Crippen molar-refractivity contribution in [1.29, 1.82) is 0 Å². The largest absolute Gasteiger partial charge is 0.508 e. The average molecular weight is 1640 g/mol. The Morgan fingerprint density at radius 1 is 0.689 bits per heavy atom. The third kappa shape index (κ3) is 25.8. The number of aliphatic imine (C=N–C) groups is 1. The van der Waals surface area contributed by atoms with E-state index in [1.807, 2.05) is 38.1 Å². The quantitative estimate of drug-likeness (QED) is 0.0196. The molecule has 0 saturated carbocycles.